The smallest absolute Gasteiger partial charge is 0.493 e. The van der Waals surface area contributed by atoms with Gasteiger partial charge in [0, 0.05) is 5.56 Å². The van der Waals surface area contributed by atoms with E-state index < -0.39 is 7.82 Å². The quantitative estimate of drug-likeness (QED) is 0.0747. The van der Waals surface area contributed by atoms with E-state index in [1.54, 1.807) is 43.3 Å². The highest BCUT2D eigenvalue weighted by atomic mass is 31.2. The Morgan fingerprint density at radius 3 is 1.66 bits per heavy atom. The van der Waals surface area contributed by atoms with Crippen LogP contribution < -0.4 is 23.5 Å². The Bertz CT molecular complexity index is 1560. The highest BCUT2D eigenvalue weighted by molar-refractivity contribution is 7.48. The summed E-state index contributed by atoms with van der Waals surface area (Å²) in [5.41, 5.74) is 2.95. The van der Waals surface area contributed by atoms with Gasteiger partial charge in [0.05, 0.1) is 41.7 Å². The zero-order valence-electron chi connectivity index (χ0n) is 25.3. The van der Waals surface area contributed by atoms with Gasteiger partial charge in [0.15, 0.2) is 28.8 Å². The molecule has 0 spiro atoms. The molecule has 0 aliphatic rings. The summed E-state index contributed by atoms with van der Waals surface area (Å²) in [4.78, 5) is 13.4. The first kappa shape index (κ1) is 32.4. The van der Waals surface area contributed by atoms with Gasteiger partial charge in [-0.2, -0.15) is 0 Å². The molecule has 0 aromatic heterocycles. The van der Waals surface area contributed by atoms with Crippen LogP contribution in [0.3, 0.4) is 0 Å². The lowest BCUT2D eigenvalue weighted by molar-refractivity contribution is 0.103. The van der Waals surface area contributed by atoms with Crippen LogP contribution in [-0.2, 0) is 26.8 Å². The molecule has 44 heavy (non-hydrogen) atoms. The minimum atomic E-state index is -4.17. The maximum absolute atomic E-state index is 14.0. The summed E-state index contributed by atoms with van der Waals surface area (Å²) in [6.45, 7) is 1.68. The Morgan fingerprint density at radius 1 is 0.659 bits per heavy atom. The second-order valence-corrected chi connectivity index (χ2v) is 11.1. The molecule has 10 heteroatoms. The van der Waals surface area contributed by atoms with E-state index in [-0.39, 0.29) is 24.7 Å². The molecule has 4 aromatic carbocycles. The first-order valence-corrected chi connectivity index (χ1v) is 15.1. The number of rotatable bonds is 15. The van der Waals surface area contributed by atoms with Crippen molar-refractivity contribution >= 4 is 19.7 Å². The molecular weight excluding hydrogens is 583 g/mol. The van der Waals surface area contributed by atoms with Gasteiger partial charge in [0.1, 0.15) is 0 Å². The van der Waals surface area contributed by atoms with Crippen LogP contribution in [-0.4, -0.2) is 34.2 Å². The number of benzene rings is 4. The van der Waals surface area contributed by atoms with Crippen LogP contribution in [0.15, 0.2) is 96.6 Å². The minimum Gasteiger partial charge on any atom is -0.493 e. The summed E-state index contributed by atoms with van der Waals surface area (Å²) in [5.74, 6) is 1.29. The molecule has 0 bridgehead atoms. The third kappa shape index (κ3) is 8.29. The molecule has 0 amide bonds. The third-order valence-electron chi connectivity index (χ3n) is 6.53. The molecule has 0 aliphatic heterocycles. The van der Waals surface area contributed by atoms with Gasteiger partial charge < -0.3 is 23.5 Å². The minimum absolute atomic E-state index is 0.00277. The Kier molecular flexibility index (Phi) is 11.2. The maximum atomic E-state index is 14.0. The number of phosphoric acid groups is 1. The van der Waals surface area contributed by atoms with Crippen molar-refractivity contribution in [3.63, 3.8) is 0 Å². The van der Waals surface area contributed by atoms with Gasteiger partial charge in [0.25, 0.3) is 0 Å². The second kappa shape index (κ2) is 15.3. The lowest BCUT2D eigenvalue weighted by Gasteiger charge is -2.20. The summed E-state index contributed by atoms with van der Waals surface area (Å²) in [6.07, 6.45) is 1.68. The molecule has 0 N–H and O–H groups in total. The molecule has 0 unspecified atom stereocenters. The molecule has 0 fully saturated rings. The van der Waals surface area contributed by atoms with Gasteiger partial charge in [-0.25, -0.2) is 4.57 Å². The van der Waals surface area contributed by atoms with Crippen molar-refractivity contribution in [1.29, 1.82) is 0 Å². The standard InChI is InChI=1S/C34H35O9P/c1-24(33(35)28-20-31(38-3)34(40-5)32(21-28)39-4)18-27-16-17-29(37-2)30(19-27)43-44(36,41-22-25-12-8-6-9-13-25)42-23-26-14-10-7-11-15-26/h6-21H,22-23H2,1-5H3/b24-18+. The molecule has 4 rings (SSSR count). The molecule has 0 saturated heterocycles. The molecule has 0 radical (unpaired) electrons. The van der Waals surface area contributed by atoms with Gasteiger partial charge in [-0.1, -0.05) is 66.7 Å². The number of carbonyl (C=O) groups excluding carboxylic acids is 1. The number of ketones is 1. The topological polar surface area (TPSA) is 98.8 Å². The zero-order chi connectivity index (χ0) is 31.5. The van der Waals surface area contributed by atoms with E-state index >= 15 is 0 Å². The number of phosphoric ester groups is 1. The monoisotopic (exact) mass is 618 g/mol. The van der Waals surface area contributed by atoms with Crippen LogP contribution in [0, 0.1) is 0 Å². The molecule has 9 nitrogen and oxygen atoms in total. The van der Waals surface area contributed by atoms with Crippen molar-refractivity contribution < 1.29 is 41.9 Å². The average Bonchev–Trinajstić information content (AvgIpc) is 3.06. The van der Waals surface area contributed by atoms with Gasteiger partial charge in [0.2, 0.25) is 5.75 Å². The van der Waals surface area contributed by atoms with Crippen LogP contribution in [0.2, 0.25) is 0 Å². The molecule has 0 heterocycles. The number of carbonyl (C=O) groups is 1. The highest BCUT2D eigenvalue weighted by Gasteiger charge is 2.31. The van der Waals surface area contributed by atoms with Gasteiger partial charge in [-0.15, -0.1) is 0 Å². The van der Waals surface area contributed by atoms with Crippen LogP contribution in [0.5, 0.6) is 28.7 Å². The predicted molar refractivity (Wildman–Crippen MR) is 168 cm³/mol. The van der Waals surface area contributed by atoms with Crippen LogP contribution in [0.1, 0.15) is 34.0 Å². The van der Waals surface area contributed by atoms with E-state index in [0.717, 1.165) is 11.1 Å². The Hall–Kier alpha value is -4.56. The summed E-state index contributed by atoms with van der Waals surface area (Å²) in [7, 11) is 1.77. The highest BCUT2D eigenvalue weighted by Crippen LogP contribution is 2.53. The van der Waals surface area contributed by atoms with Gasteiger partial charge >= 0.3 is 7.82 Å². The Balaban J connectivity index is 1.62. The third-order valence-corrected chi connectivity index (χ3v) is 7.84. The lowest BCUT2D eigenvalue weighted by atomic mass is 10.0. The summed E-state index contributed by atoms with van der Waals surface area (Å²) in [6, 6.07) is 26.8. The van der Waals surface area contributed by atoms with Gasteiger partial charge in [-0.3, -0.25) is 13.8 Å². The SMILES string of the molecule is COc1ccc(/C=C(\C)C(=O)c2cc(OC)c(OC)c(OC)c2)cc1OP(=O)(OCc1ccccc1)OCc1ccccc1. The molecule has 230 valence electrons. The Morgan fingerprint density at radius 2 is 1.18 bits per heavy atom. The number of hydrogen-bond donors (Lipinski definition) is 0. The second-order valence-electron chi connectivity index (χ2n) is 9.54. The van der Waals surface area contributed by atoms with Crippen molar-refractivity contribution in [3.05, 3.63) is 119 Å². The van der Waals surface area contributed by atoms with E-state index in [1.807, 2.05) is 60.7 Å². The molecule has 4 aromatic rings. The number of Topliss-reactive ketones (excluding diaryl/α,β-unsaturated/α-hetero) is 1. The predicted octanol–water partition coefficient (Wildman–Crippen LogP) is 7.93. The number of allylic oxidation sites excluding steroid dienone is 1. The van der Waals surface area contributed by atoms with E-state index in [1.165, 1.54) is 28.4 Å². The van der Waals surface area contributed by atoms with Crippen LogP contribution >= 0.6 is 7.82 Å². The largest absolute Gasteiger partial charge is 0.530 e. The molecule has 0 atom stereocenters. The molecular formula is C34H35O9P. The van der Waals surface area contributed by atoms with E-state index in [4.69, 9.17) is 32.5 Å². The van der Waals surface area contributed by atoms with E-state index in [0.29, 0.717) is 39.7 Å². The number of ether oxygens (including phenoxy) is 4. The molecule has 0 aliphatic carbocycles. The molecule has 0 saturated carbocycles. The van der Waals surface area contributed by atoms with E-state index in [9.17, 15) is 9.36 Å². The van der Waals surface area contributed by atoms with E-state index in [2.05, 4.69) is 0 Å². The normalized spacial score (nSPS) is 11.5. The number of hydrogen-bond acceptors (Lipinski definition) is 9. The van der Waals surface area contributed by atoms with Crippen molar-refractivity contribution in [1.82, 2.24) is 0 Å². The van der Waals surface area contributed by atoms with Crippen LogP contribution in [0.4, 0.5) is 0 Å². The summed E-state index contributed by atoms with van der Waals surface area (Å²) in [5, 5.41) is 0. The lowest BCUT2D eigenvalue weighted by Crippen LogP contribution is -2.05. The van der Waals surface area contributed by atoms with Crippen molar-refractivity contribution in [2.75, 3.05) is 28.4 Å². The average molecular weight is 619 g/mol. The fourth-order valence-corrected chi connectivity index (χ4v) is 5.45. The summed E-state index contributed by atoms with van der Waals surface area (Å²) < 4.78 is 53.1. The van der Waals surface area contributed by atoms with Gasteiger partial charge in [-0.05, 0) is 59.5 Å². The zero-order valence-corrected chi connectivity index (χ0v) is 26.2. The fraction of sp³-hybridized carbons (Fsp3) is 0.206. The number of methoxy groups -OCH3 is 4. The van der Waals surface area contributed by atoms with Crippen molar-refractivity contribution in [2.45, 2.75) is 20.1 Å². The fourth-order valence-electron chi connectivity index (χ4n) is 4.28. The first-order valence-electron chi connectivity index (χ1n) is 13.7. The van der Waals surface area contributed by atoms with Crippen molar-refractivity contribution in [2.24, 2.45) is 0 Å². The van der Waals surface area contributed by atoms with Crippen molar-refractivity contribution in [3.8, 4) is 28.7 Å². The first-order chi connectivity index (χ1) is 21.3. The maximum Gasteiger partial charge on any atom is 0.530 e. The summed E-state index contributed by atoms with van der Waals surface area (Å²) >= 11 is 0. The van der Waals surface area contributed by atoms with Crippen LogP contribution in [0.25, 0.3) is 6.08 Å². The Labute approximate surface area is 257 Å².